The lowest BCUT2D eigenvalue weighted by Crippen LogP contribution is -2.12. The van der Waals surface area contributed by atoms with E-state index in [2.05, 4.69) is 10.0 Å². The van der Waals surface area contributed by atoms with Crippen LogP contribution in [0.3, 0.4) is 0 Å². The van der Waals surface area contributed by atoms with Crippen LogP contribution < -0.4 is 0 Å². The Morgan fingerprint density at radius 3 is 2.43 bits per heavy atom. The Hall–Kier alpha value is -0.690. The predicted octanol–water partition coefficient (Wildman–Crippen LogP) is 1.85. The fourth-order valence-corrected chi connectivity index (χ4v) is 0.575. The van der Waals surface area contributed by atoms with E-state index < -0.39 is 0 Å². The Kier molecular flexibility index (Phi) is 1.18. The maximum Gasteiger partial charge on any atom is 0.0374 e. The van der Waals surface area contributed by atoms with E-state index in [-0.39, 0.29) is 0 Å². The summed E-state index contributed by atoms with van der Waals surface area (Å²) in [7, 11) is 0. The van der Waals surface area contributed by atoms with Crippen LogP contribution >= 0.6 is 0 Å². The van der Waals surface area contributed by atoms with Gasteiger partial charge in [0, 0.05) is 11.0 Å². The number of azide groups is 1. The van der Waals surface area contributed by atoms with E-state index in [0.717, 1.165) is 12.8 Å². The zero-order valence-corrected chi connectivity index (χ0v) is 4.04. The summed E-state index contributed by atoms with van der Waals surface area (Å²) in [5.74, 6) is 0. The van der Waals surface area contributed by atoms with Gasteiger partial charge in [0.1, 0.15) is 0 Å². The lowest BCUT2D eigenvalue weighted by molar-refractivity contribution is 0.416. The maximum absolute atomic E-state index is 7.86. The second-order valence-corrected chi connectivity index (χ2v) is 1.79. The molecule has 1 rings (SSSR count). The summed E-state index contributed by atoms with van der Waals surface area (Å²) >= 11 is 0. The normalized spacial score (nSPS) is 20.0. The Labute approximate surface area is 42.0 Å². The van der Waals surface area contributed by atoms with Gasteiger partial charge in [0.05, 0.1) is 0 Å². The molecule has 1 aliphatic carbocycles. The summed E-state index contributed by atoms with van der Waals surface area (Å²) in [6.07, 6.45) is 3.44. The van der Waals surface area contributed by atoms with E-state index >= 15 is 0 Å². The molecule has 0 heterocycles. The van der Waals surface area contributed by atoms with E-state index in [9.17, 15) is 0 Å². The molecule has 0 N–H and O–H groups in total. The van der Waals surface area contributed by atoms with Gasteiger partial charge in [0.2, 0.25) is 0 Å². The highest BCUT2D eigenvalue weighted by atomic mass is 15.1. The number of nitrogens with zero attached hydrogens (tertiary/aromatic N) is 3. The van der Waals surface area contributed by atoms with Gasteiger partial charge in [-0.25, -0.2) is 0 Å². The third-order valence-corrected chi connectivity index (χ3v) is 1.29. The Morgan fingerprint density at radius 1 is 1.57 bits per heavy atom. The molecule has 1 aliphatic rings. The molecule has 0 atom stereocenters. The first-order valence-corrected chi connectivity index (χ1v) is 2.47. The fraction of sp³-hybridized carbons (Fsp3) is 1.00. The summed E-state index contributed by atoms with van der Waals surface area (Å²) in [4.78, 5) is 2.68. The Morgan fingerprint density at radius 2 is 2.29 bits per heavy atom. The minimum Gasteiger partial charge on any atom is -0.0906 e. The first-order chi connectivity index (χ1) is 3.43. The monoisotopic (exact) mass is 97.1 g/mol. The molecule has 7 heavy (non-hydrogen) atoms. The molecule has 1 saturated carbocycles. The van der Waals surface area contributed by atoms with Crippen LogP contribution in [0.25, 0.3) is 10.4 Å². The van der Waals surface area contributed by atoms with Gasteiger partial charge in [-0.2, -0.15) is 0 Å². The van der Waals surface area contributed by atoms with Crippen LogP contribution in [-0.2, 0) is 0 Å². The Balaban J connectivity index is 2.27. The number of hydrogen-bond donors (Lipinski definition) is 0. The zero-order valence-electron chi connectivity index (χ0n) is 4.04. The van der Waals surface area contributed by atoms with Crippen LogP contribution in [-0.4, -0.2) is 6.04 Å². The van der Waals surface area contributed by atoms with Gasteiger partial charge < -0.3 is 0 Å². The topological polar surface area (TPSA) is 48.8 Å². The van der Waals surface area contributed by atoms with Crippen LogP contribution in [0.4, 0.5) is 0 Å². The highest BCUT2D eigenvalue weighted by Gasteiger charge is 2.13. The van der Waals surface area contributed by atoms with Gasteiger partial charge in [0.25, 0.3) is 0 Å². The van der Waals surface area contributed by atoms with Gasteiger partial charge in [0.15, 0.2) is 0 Å². The quantitative estimate of drug-likeness (QED) is 0.272. The highest BCUT2D eigenvalue weighted by Crippen LogP contribution is 2.21. The SMILES string of the molecule is [N-]=[N+]=NC1CCC1. The van der Waals surface area contributed by atoms with Crippen molar-refractivity contribution in [2.45, 2.75) is 25.3 Å². The van der Waals surface area contributed by atoms with Gasteiger partial charge in [-0.15, -0.1) is 0 Å². The van der Waals surface area contributed by atoms with Crippen LogP contribution in [0.15, 0.2) is 5.11 Å². The van der Waals surface area contributed by atoms with Crippen molar-refractivity contribution in [1.82, 2.24) is 0 Å². The van der Waals surface area contributed by atoms with E-state index in [1.54, 1.807) is 0 Å². The molecular formula is C4H7N3. The van der Waals surface area contributed by atoms with Crippen molar-refractivity contribution in [1.29, 1.82) is 0 Å². The third-order valence-electron chi connectivity index (χ3n) is 1.29. The molecule has 0 saturated heterocycles. The van der Waals surface area contributed by atoms with Crippen molar-refractivity contribution in [3.8, 4) is 0 Å². The summed E-state index contributed by atoms with van der Waals surface area (Å²) in [6, 6.07) is 0.338. The third kappa shape index (κ3) is 0.842. The standard InChI is InChI=1S/C4H7N3/c5-7-6-4-2-1-3-4/h4H,1-3H2. The summed E-state index contributed by atoms with van der Waals surface area (Å²) in [6.45, 7) is 0. The van der Waals surface area contributed by atoms with Crippen LogP contribution in [0.2, 0.25) is 0 Å². The first kappa shape index (κ1) is 4.47. The Bertz CT molecular complexity index is 99.5. The fourth-order valence-electron chi connectivity index (χ4n) is 0.575. The van der Waals surface area contributed by atoms with Crippen molar-refractivity contribution >= 4 is 0 Å². The molecule has 0 amide bonds. The molecule has 0 spiro atoms. The molecule has 0 aromatic rings. The molecule has 0 unspecified atom stereocenters. The predicted molar refractivity (Wildman–Crippen MR) is 26.8 cm³/mol. The van der Waals surface area contributed by atoms with E-state index in [4.69, 9.17) is 5.53 Å². The van der Waals surface area contributed by atoms with Gasteiger partial charge in [-0.3, -0.25) is 0 Å². The molecule has 0 radical (unpaired) electrons. The lowest BCUT2D eigenvalue weighted by Gasteiger charge is -2.18. The molecule has 0 aromatic carbocycles. The molecule has 3 heteroatoms. The molecule has 0 aliphatic heterocycles. The molecule has 1 fully saturated rings. The average Bonchev–Trinajstić information content (AvgIpc) is 1.55. The van der Waals surface area contributed by atoms with E-state index in [1.165, 1.54) is 6.42 Å². The van der Waals surface area contributed by atoms with Crippen LogP contribution in [0.5, 0.6) is 0 Å². The average molecular weight is 97.1 g/mol. The van der Waals surface area contributed by atoms with Gasteiger partial charge in [-0.05, 0) is 18.4 Å². The smallest absolute Gasteiger partial charge is 0.0374 e. The number of hydrogen-bond acceptors (Lipinski definition) is 1. The van der Waals surface area contributed by atoms with Gasteiger partial charge >= 0.3 is 0 Å². The minimum atomic E-state index is 0.338. The maximum atomic E-state index is 7.86. The summed E-state index contributed by atoms with van der Waals surface area (Å²) in [5.41, 5.74) is 7.86. The first-order valence-electron chi connectivity index (χ1n) is 2.47. The van der Waals surface area contributed by atoms with E-state index in [1.807, 2.05) is 0 Å². The number of rotatable bonds is 1. The molecule has 3 nitrogen and oxygen atoms in total. The minimum absolute atomic E-state index is 0.338. The van der Waals surface area contributed by atoms with Crippen LogP contribution in [0, 0.1) is 0 Å². The highest BCUT2D eigenvalue weighted by molar-refractivity contribution is 4.75. The van der Waals surface area contributed by atoms with Crippen molar-refractivity contribution < 1.29 is 0 Å². The van der Waals surface area contributed by atoms with Crippen molar-refractivity contribution in [3.63, 3.8) is 0 Å². The molecule has 0 bridgehead atoms. The largest absolute Gasteiger partial charge is 0.0906 e. The van der Waals surface area contributed by atoms with Crippen LogP contribution in [0.1, 0.15) is 19.3 Å². The second kappa shape index (κ2) is 1.85. The lowest BCUT2D eigenvalue weighted by atomic mass is 9.94. The summed E-state index contributed by atoms with van der Waals surface area (Å²) < 4.78 is 0. The van der Waals surface area contributed by atoms with Crippen molar-refractivity contribution in [2.24, 2.45) is 5.11 Å². The molecule has 0 aromatic heterocycles. The zero-order chi connectivity index (χ0) is 5.11. The molecular weight excluding hydrogens is 90.1 g/mol. The van der Waals surface area contributed by atoms with Gasteiger partial charge in [-0.1, -0.05) is 11.5 Å². The van der Waals surface area contributed by atoms with Crippen molar-refractivity contribution in [3.05, 3.63) is 10.4 Å². The molecule has 38 valence electrons. The summed E-state index contributed by atoms with van der Waals surface area (Å²) in [5, 5.41) is 3.51. The van der Waals surface area contributed by atoms with Crippen molar-refractivity contribution in [2.75, 3.05) is 0 Å². The second-order valence-electron chi connectivity index (χ2n) is 1.79. The van der Waals surface area contributed by atoms with E-state index in [0.29, 0.717) is 6.04 Å².